The fourth-order valence-corrected chi connectivity index (χ4v) is 3.13. The molecule has 0 N–H and O–H groups in total. The van der Waals surface area contributed by atoms with Gasteiger partial charge in [0.05, 0.1) is 17.8 Å². The molecule has 1 aliphatic rings. The van der Waals surface area contributed by atoms with Crippen molar-refractivity contribution in [3.8, 4) is 0 Å². The molecule has 118 valence electrons. The third-order valence-electron chi connectivity index (χ3n) is 4.48. The van der Waals surface area contributed by atoms with Crippen molar-refractivity contribution in [1.82, 2.24) is 14.8 Å². The lowest BCUT2D eigenvalue weighted by Gasteiger charge is -2.37. The summed E-state index contributed by atoms with van der Waals surface area (Å²) in [7, 11) is 1.78. The third-order valence-corrected chi connectivity index (χ3v) is 4.48. The summed E-state index contributed by atoms with van der Waals surface area (Å²) in [5, 5.41) is 1.21. The van der Waals surface area contributed by atoms with E-state index in [1.54, 1.807) is 7.11 Å². The Morgan fingerprint density at radius 1 is 1.09 bits per heavy atom. The van der Waals surface area contributed by atoms with Crippen LogP contribution in [0.2, 0.25) is 0 Å². The normalized spacial score (nSPS) is 18.6. The molecule has 1 aliphatic heterocycles. The van der Waals surface area contributed by atoms with Crippen LogP contribution in [0.3, 0.4) is 0 Å². The van der Waals surface area contributed by atoms with E-state index in [1.807, 2.05) is 0 Å². The van der Waals surface area contributed by atoms with Crippen LogP contribution in [0.25, 0.3) is 10.9 Å². The molecule has 1 fully saturated rings. The molecule has 0 radical (unpaired) electrons. The molecule has 22 heavy (non-hydrogen) atoms. The molecular weight excluding hydrogens is 274 g/mol. The van der Waals surface area contributed by atoms with Crippen molar-refractivity contribution in [1.29, 1.82) is 0 Å². The maximum Gasteiger partial charge on any atom is 0.0705 e. The van der Waals surface area contributed by atoms with Crippen LogP contribution in [0.1, 0.15) is 12.6 Å². The fraction of sp³-hybridized carbons (Fsp3) is 0.500. The largest absolute Gasteiger partial charge is 0.383 e. The molecule has 2 aromatic rings. The zero-order valence-electron chi connectivity index (χ0n) is 13.5. The standard InChI is InChI=1S/C18H25N3O/c1-15(14-22-2)21-11-9-20(10-12-21)13-17-8-7-16-5-3-4-6-18(16)19-17/h3-8,15H,9-14H2,1-2H3/t15-/m0/s1. The van der Waals surface area contributed by atoms with Gasteiger partial charge in [-0.2, -0.15) is 0 Å². The number of pyridine rings is 1. The Morgan fingerprint density at radius 3 is 2.64 bits per heavy atom. The minimum absolute atomic E-state index is 0.506. The van der Waals surface area contributed by atoms with Gasteiger partial charge in [-0.3, -0.25) is 14.8 Å². The monoisotopic (exact) mass is 299 g/mol. The van der Waals surface area contributed by atoms with Crippen LogP contribution in [-0.2, 0) is 11.3 Å². The zero-order valence-corrected chi connectivity index (χ0v) is 13.5. The summed E-state index contributed by atoms with van der Waals surface area (Å²) >= 11 is 0. The molecule has 1 aromatic carbocycles. The highest BCUT2D eigenvalue weighted by Gasteiger charge is 2.21. The van der Waals surface area contributed by atoms with Crippen molar-refractivity contribution >= 4 is 10.9 Å². The Hall–Kier alpha value is -1.49. The topological polar surface area (TPSA) is 28.6 Å². The Balaban J connectivity index is 1.57. The summed E-state index contributed by atoms with van der Waals surface area (Å²) in [5.74, 6) is 0. The van der Waals surface area contributed by atoms with Crippen LogP contribution in [0.5, 0.6) is 0 Å². The van der Waals surface area contributed by atoms with Crippen molar-refractivity contribution in [2.45, 2.75) is 19.5 Å². The molecule has 0 spiro atoms. The number of piperazine rings is 1. The molecule has 0 unspecified atom stereocenters. The molecule has 0 saturated carbocycles. The van der Waals surface area contributed by atoms with E-state index in [2.05, 4.69) is 53.1 Å². The summed E-state index contributed by atoms with van der Waals surface area (Å²) in [6.45, 7) is 8.41. The number of fused-ring (bicyclic) bond motifs is 1. The van der Waals surface area contributed by atoms with E-state index in [1.165, 1.54) is 5.39 Å². The lowest BCUT2D eigenvalue weighted by Crippen LogP contribution is -2.50. The van der Waals surface area contributed by atoms with E-state index in [0.29, 0.717) is 6.04 Å². The van der Waals surface area contributed by atoms with Gasteiger partial charge in [0, 0.05) is 51.3 Å². The quantitative estimate of drug-likeness (QED) is 0.847. The van der Waals surface area contributed by atoms with Crippen LogP contribution in [-0.4, -0.2) is 60.7 Å². The van der Waals surface area contributed by atoms with Gasteiger partial charge in [-0.25, -0.2) is 0 Å². The number of hydrogen-bond donors (Lipinski definition) is 0. The Labute approximate surface area is 132 Å². The second-order valence-corrected chi connectivity index (χ2v) is 6.11. The molecule has 0 aliphatic carbocycles. The average Bonchev–Trinajstić information content (AvgIpc) is 2.56. The number of benzene rings is 1. The molecule has 3 rings (SSSR count). The Morgan fingerprint density at radius 2 is 1.86 bits per heavy atom. The fourth-order valence-electron chi connectivity index (χ4n) is 3.13. The van der Waals surface area contributed by atoms with Crippen molar-refractivity contribution in [3.63, 3.8) is 0 Å². The van der Waals surface area contributed by atoms with Crippen LogP contribution in [0.15, 0.2) is 36.4 Å². The van der Waals surface area contributed by atoms with Gasteiger partial charge >= 0.3 is 0 Å². The summed E-state index contributed by atoms with van der Waals surface area (Å²) in [6, 6.07) is 13.1. The van der Waals surface area contributed by atoms with E-state index in [9.17, 15) is 0 Å². The third kappa shape index (κ3) is 3.64. The molecular formula is C18H25N3O. The molecule has 4 nitrogen and oxygen atoms in total. The van der Waals surface area contributed by atoms with E-state index >= 15 is 0 Å². The van der Waals surface area contributed by atoms with Crippen LogP contribution in [0.4, 0.5) is 0 Å². The zero-order chi connectivity index (χ0) is 15.4. The van der Waals surface area contributed by atoms with Gasteiger partial charge in [0.2, 0.25) is 0 Å². The number of nitrogens with zero attached hydrogens (tertiary/aromatic N) is 3. The molecule has 1 aromatic heterocycles. The molecule has 0 bridgehead atoms. The lowest BCUT2D eigenvalue weighted by atomic mass is 10.2. The lowest BCUT2D eigenvalue weighted by molar-refractivity contribution is 0.0546. The minimum atomic E-state index is 0.506. The van der Waals surface area contributed by atoms with Crippen LogP contribution >= 0.6 is 0 Å². The first-order valence-corrected chi connectivity index (χ1v) is 8.06. The van der Waals surface area contributed by atoms with Gasteiger partial charge in [0.1, 0.15) is 0 Å². The highest BCUT2D eigenvalue weighted by molar-refractivity contribution is 5.78. The number of hydrogen-bond acceptors (Lipinski definition) is 4. The first-order chi connectivity index (χ1) is 10.8. The predicted octanol–water partition coefficient (Wildman–Crippen LogP) is 2.39. The second kappa shape index (κ2) is 7.18. The average molecular weight is 299 g/mol. The van der Waals surface area contributed by atoms with Crippen LogP contribution in [0, 0.1) is 0 Å². The summed E-state index contributed by atoms with van der Waals surface area (Å²) < 4.78 is 5.25. The van der Waals surface area contributed by atoms with E-state index < -0.39 is 0 Å². The second-order valence-electron chi connectivity index (χ2n) is 6.11. The van der Waals surface area contributed by atoms with E-state index in [0.717, 1.165) is 50.5 Å². The summed E-state index contributed by atoms with van der Waals surface area (Å²) in [4.78, 5) is 9.78. The maximum atomic E-state index is 5.25. The van der Waals surface area contributed by atoms with Crippen molar-refractivity contribution in [2.75, 3.05) is 39.9 Å². The molecule has 1 atom stereocenters. The highest BCUT2D eigenvalue weighted by Crippen LogP contribution is 2.14. The minimum Gasteiger partial charge on any atom is -0.383 e. The van der Waals surface area contributed by atoms with E-state index in [-0.39, 0.29) is 0 Å². The van der Waals surface area contributed by atoms with Gasteiger partial charge in [-0.1, -0.05) is 24.3 Å². The van der Waals surface area contributed by atoms with Crippen molar-refractivity contribution < 1.29 is 4.74 Å². The van der Waals surface area contributed by atoms with Crippen molar-refractivity contribution in [2.24, 2.45) is 0 Å². The first-order valence-electron chi connectivity index (χ1n) is 8.06. The molecule has 2 heterocycles. The predicted molar refractivity (Wildman–Crippen MR) is 89.9 cm³/mol. The van der Waals surface area contributed by atoms with Gasteiger partial charge in [0.25, 0.3) is 0 Å². The van der Waals surface area contributed by atoms with Gasteiger partial charge in [0.15, 0.2) is 0 Å². The highest BCUT2D eigenvalue weighted by atomic mass is 16.5. The maximum absolute atomic E-state index is 5.25. The van der Waals surface area contributed by atoms with Gasteiger partial charge in [-0.15, -0.1) is 0 Å². The van der Waals surface area contributed by atoms with E-state index in [4.69, 9.17) is 9.72 Å². The number of aromatic nitrogens is 1. The Bertz CT molecular complexity index is 608. The van der Waals surface area contributed by atoms with Gasteiger partial charge in [-0.05, 0) is 19.1 Å². The molecule has 0 amide bonds. The smallest absolute Gasteiger partial charge is 0.0705 e. The Kier molecular flexibility index (Phi) is 5.03. The number of ether oxygens (including phenoxy) is 1. The SMILES string of the molecule is COC[C@H](C)N1CCN(Cc2ccc3ccccc3n2)CC1. The summed E-state index contributed by atoms with van der Waals surface area (Å²) in [5.41, 5.74) is 2.25. The molecule has 1 saturated heterocycles. The van der Waals surface area contributed by atoms with Gasteiger partial charge < -0.3 is 4.74 Å². The molecule has 4 heteroatoms. The number of para-hydroxylation sites is 1. The number of methoxy groups -OCH3 is 1. The summed E-state index contributed by atoms with van der Waals surface area (Å²) in [6.07, 6.45) is 0. The van der Waals surface area contributed by atoms with Crippen molar-refractivity contribution in [3.05, 3.63) is 42.1 Å². The van der Waals surface area contributed by atoms with Crippen LogP contribution < -0.4 is 0 Å². The number of rotatable bonds is 5. The first kappa shape index (κ1) is 15.4.